The highest BCUT2D eigenvalue weighted by Gasteiger charge is 2.37. The molecule has 0 spiro atoms. The number of primary amides is 1. The van der Waals surface area contributed by atoms with Gasteiger partial charge in [-0.3, -0.25) is 9.78 Å². The van der Waals surface area contributed by atoms with Crippen molar-refractivity contribution in [3.63, 3.8) is 0 Å². The number of pyridine rings is 1. The first-order valence-corrected chi connectivity index (χ1v) is 10.1. The molecule has 0 aliphatic carbocycles. The molecule has 0 aliphatic rings. The van der Waals surface area contributed by atoms with Gasteiger partial charge in [0.05, 0.1) is 5.75 Å². The highest BCUT2D eigenvalue weighted by molar-refractivity contribution is 7.91. The van der Waals surface area contributed by atoms with E-state index < -0.39 is 68.8 Å². The summed E-state index contributed by atoms with van der Waals surface area (Å²) in [5.74, 6) is -6.78. The number of benzene rings is 1. The number of hydrogen-bond acceptors (Lipinski definition) is 4. The Bertz CT molecular complexity index is 1070. The van der Waals surface area contributed by atoms with E-state index in [0.29, 0.717) is 12.1 Å². The van der Waals surface area contributed by atoms with E-state index in [1.54, 1.807) is 0 Å². The molecule has 0 fully saturated rings. The van der Waals surface area contributed by atoms with E-state index in [-0.39, 0.29) is 16.8 Å². The van der Waals surface area contributed by atoms with Gasteiger partial charge in [-0.05, 0) is 42.7 Å². The number of sulfone groups is 1. The molecule has 30 heavy (non-hydrogen) atoms. The van der Waals surface area contributed by atoms with Gasteiger partial charge in [-0.1, -0.05) is 0 Å². The Morgan fingerprint density at radius 1 is 1.17 bits per heavy atom. The second kappa shape index (κ2) is 8.62. The normalized spacial score (nSPS) is 13.3. The Labute approximate surface area is 167 Å². The molecule has 1 unspecified atom stereocenters. The molecule has 2 N–H and O–H groups in total. The van der Waals surface area contributed by atoms with Crippen LogP contribution in [0.2, 0.25) is 0 Å². The van der Waals surface area contributed by atoms with E-state index in [0.717, 1.165) is 12.3 Å². The number of hydrogen-bond donors (Lipinski definition) is 1. The van der Waals surface area contributed by atoms with Crippen LogP contribution in [0.3, 0.4) is 0 Å². The molecule has 0 saturated heterocycles. The van der Waals surface area contributed by atoms with Crippen LogP contribution in [0, 0.1) is 24.4 Å². The van der Waals surface area contributed by atoms with Gasteiger partial charge in [0.25, 0.3) is 5.91 Å². The van der Waals surface area contributed by atoms with Crippen LogP contribution in [0.15, 0.2) is 24.4 Å². The fourth-order valence-corrected chi connectivity index (χ4v) is 4.87. The third-order valence-electron chi connectivity index (χ3n) is 4.28. The predicted octanol–water partition coefficient (Wildman–Crippen LogP) is 3.75. The number of aromatic nitrogens is 1. The lowest BCUT2D eigenvalue weighted by molar-refractivity contribution is -0.134. The van der Waals surface area contributed by atoms with Gasteiger partial charge < -0.3 is 5.73 Å². The summed E-state index contributed by atoms with van der Waals surface area (Å²) in [6.45, 7) is 1.29. The van der Waals surface area contributed by atoms with Gasteiger partial charge in [-0.25, -0.2) is 21.6 Å². The summed E-state index contributed by atoms with van der Waals surface area (Å²) in [5.41, 5.74) is 3.33. The van der Waals surface area contributed by atoms with Crippen molar-refractivity contribution in [1.82, 2.24) is 4.98 Å². The molecule has 1 amide bonds. The summed E-state index contributed by atoms with van der Waals surface area (Å²) in [6.07, 6.45) is -6.12. The Morgan fingerprint density at radius 2 is 1.77 bits per heavy atom. The van der Waals surface area contributed by atoms with Crippen molar-refractivity contribution < 1.29 is 39.6 Å². The molecule has 1 aromatic heterocycles. The van der Waals surface area contributed by atoms with Crippen LogP contribution in [0.1, 0.15) is 45.3 Å². The quantitative estimate of drug-likeness (QED) is 0.510. The number of nitrogens with zero attached hydrogens (tertiary/aromatic N) is 1. The molecule has 2 rings (SSSR count). The van der Waals surface area contributed by atoms with Crippen LogP contribution in [-0.4, -0.2) is 31.2 Å². The van der Waals surface area contributed by atoms with Gasteiger partial charge in [-0.2, -0.15) is 13.2 Å². The number of rotatable bonds is 7. The first-order valence-electron chi connectivity index (χ1n) is 8.42. The Morgan fingerprint density at radius 3 is 2.30 bits per heavy atom. The number of halogens is 6. The maximum Gasteiger partial charge on any atom is 0.389 e. The number of carbonyl (C=O) groups is 1. The van der Waals surface area contributed by atoms with E-state index >= 15 is 0 Å². The van der Waals surface area contributed by atoms with Gasteiger partial charge in [0, 0.05) is 18.2 Å². The lowest BCUT2D eigenvalue weighted by Crippen LogP contribution is -2.24. The van der Waals surface area contributed by atoms with Crippen molar-refractivity contribution in [2.45, 2.75) is 31.2 Å². The zero-order valence-electron chi connectivity index (χ0n) is 15.4. The molecule has 5 nitrogen and oxygen atoms in total. The highest BCUT2D eigenvalue weighted by Crippen LogP contribution is 2.37. The van der Waals surface area contributed by atoms with Gasteiger partial charge >= 0.3 is 6.18 Å². The Kier molecular flexibility index (Phi) is 6.80. The third-order valence-corrected chi connectivity index (χ3v) is 6.34. The number of alkyl halides is 3. The largest absolute Gasteiger partial charge is 0.389 e. The van der Waals surface area contributed by atoms with Gasteiger partial charge in [-0.15, -0.1) is 0 Å². The average molecular weight is 454 g/mol. The van der Waals surface area contributed by atoms with Crippen molar-refractivity contribution >= 4 is 15.7 Å². The number of nitrogens with two attached hydrogens (primary N) is 1. The van der Waals surface area contributed by atoms with Gasteiger partial charge in [0.1, 0.15) is 16.8 Å². The topological polar surface area (TPSA) is 90.1 Å². The second-order valence-corrected chi connectivity index (χ2v) is 8.72. The van der Waals surface area contributed by atoms with E-state index in [1.807, 2.05) is 0 Å². The molecule has 1 atom stereocenters. The molecular weight excluding hydrogens is 438 g/mol. The van der Waals surface area contributed by atoms with Crippen LogP contribution in [0.25, 0.3) is 0 Å². The van der Waals surface area contributed by atoms with Crippen LogP contribution in [-0.2, 0) is 9.84 Å². The summed E-state index contributed by atoms with van der Waals surface area (Å²) in [6, 6.07) is 2.01. The summed E-state index contributed by atoms with van der Waals surface area (Å²) < 4.78 is 106. The minimum absolute atomic E-state index is 0.0197. The zero-order chi connectivity index (χ0) is 22.9. The third kappa shape index (κ3) is 5.29. The first kappa shape index (κ1) is 23.6. The van der Waals surface area contributed by atoms with E-state index in [1.165, 1.54) is 6.92 Å². The lowest BCUT2D eigenvalue weighted by Gasteiger charge is -2.22. The Hall–Kier alpha value is -2.63. The summed E-state index contributed by atoms with van der Waals surface area (Å²) in [5, 5.41) is -2.18. The summed E-state index contributed by atoms with van der Waals surface area (Å²) in [4.78, 5) is 14.9. The van der Waals surface area contributed by atoms with E-state index in [4.69, 9.17) is 5.73 Å². The van der Waals surface area contributed by atoms with Gasteiger partial charge in [0.15, 0.2) is 21.5 Å². The van der Waals surface area contributed by atoms with Crippen LogP contribution in [0.5, 0.6) is 0 Å². The zero-order valence-corrected chi connectivity index (χ0v) is 16.2. The number of carbonyl (C=O) groups excluding carboxylic acids is 1. The standard InChI is InChI=1S/C18H16F6N2O3S/c1-9-7-13(17(25)27)26-8-10(9)16(14-11(19)3-4-12(20)15(14)21)30(28,29)6-2-5-18(22,23)24/h3-4,7-8,16H,2,5-6H2,1H3,(H2,25,27). The second-order valence-electron chi connectivity index (χ2n) is 6.51. The molecule has 0 saturated carbocycles. The van der Waals surface area contributed by atoms with Crippen molar-refractivity contribution in [3.8, 4) is 0 Å². The van der Waals surface area contributed by atoms with E-state index in [9.17, 15) is 39.6 Å². The fourth-order valence-electron chi connectivity index (χ4n) is 2.88. The Balaban J connectivity index is 2.66. The molecule has 0 bridgehead atoms. The average Bonchev–Trinajstić information content (AvgIpc) is 2.61. The van der Waals surface area contributed by atoms with Crippen LogP contribution in [0.4, 0.5) is 26.3 Å². The molecule has 0 aliphatic heterocycles. The minimum Gasteiger partial charge on any atom is -0.364 e. The maximum absolute atomic E-state index is 14.4. The molecule has 1 heterocycles. The number of amides is 1. The smallest absolute Gasteiger partial charge is 0.364 e. The van der Waals surface area contributed by atoms with Crippen molar-refractivity contribution in [3.05, 3.63) is 64.2 Å². The number of aryl methyl sites for hydroxylation is 1. The fraction of sp³-hybridized carbons (Fsp3) is 0.333. The monoisotopic (exact) mass is 454 g/mol. The van der Waals surface area contributed by atoms with Gasteiger partial charge in [0.2, 0.25) is 0 Å². The highest BCUT2D eigenvalue weighted by atomic mass is 32.2. The van der Waals surface area contributed by atoms with E-state index in [2.05, 4.69) is 4.98 Å². The minimum atomic E-state index is -4.67. The van der Waals surface area contributed by atoms with Crippen molar-refractivity contribution in [2.75, 3.05) is 5.75 Å². The molecule has 164 valence electrons. The molecule has 2 aromatic rings. The van der Waals surface area contributed by atoms with Crippen molar-refractivity contribution in [1.29, 1.82) is 0 Å². The maximum atomic E-state index is 14.4. The lowest BCUT2D eigenvalue weighted by atomic mass is 10.00. The molecule has 0 radical (unpaired) electrons. The molecule has 1 aromatic carbocycles. The summed E-state index contributed by atoms with van der Waals surface area (Å²) >= 11 is 0. The predicted molar refractivity (Wildman–Crippen MR) is 94.7 cm³/mol. The molecular formula is C18H16F6N2O3S. The molecule has 12 heteroatoms. The van der Waals surface area contributed by atoms with Crippen LogP contribution >= 0.6 is 0 Å². The first-order chi connectivity index (χ1) is 13.7. The summed E-state index contributed by atoms with van der Waals surface area (Å²) in [7, 11) is -4.67. The van der Waals surface area contributed by atoms with Crippen molar-refractivity contribution in [2.24, 2.45) is 5.73 Å². The van der Waals surface area contributed by atoms with Crippen LogP contribution < -0.4 is 5.73 Å². The SMILES string of the molecule is Cc1cc(C(N)=O)ncc1C(c1c(F)ccc(F)c1F)S(=O)(=O)CCCC(F)(F)F.